The van der Waals surface area contributed by atoms with Crippen LogP contribution in [0.1, 0.15) is 44.3 Å². The molecule has 2 rings (SSSR count). The Kier molecular flexibility index (Phi) is 3.50. The zero-order chi connectivity index (χ0) is 11.6. The summed E-state index contributed by atoms with van der Waals surface area (Å²) in [7, 11) is 1.71. The van der Waals surface area contributed by atoms with Crippen molar-refractivity contribution in [3.63, 3.8) is 0 Å². The van der Waals surface area contributed by atoms with E-state index in [1.54, 1.807) is 7.11 Å². The van der Waals surface area contributed by atoms with Gasteiger partial charge in [0, 0.05) is 7.11 Å². The number of aromatic nitrogens is 2. The molecule has 1 aliphatic rings. The molecule has 5 heteroatoms. The molecule has 1 aromatic heterocycles. The summed E-state index contributed by atoms with van der Waals surface area (Å²) in [6.07, 6.45) is 4.18. The van der Waals surface area contributed by atoms with Crippen molar-refractivity contribution in [2.75, 3.05) is 7.11 Å². The summed E-state index contributed by atoms with van der Waals surface area (Å²) >= 11 is 5.65. The monoisotopic (exact) mass is 244 g/mol. The van der Waals surface area contributed by atoms with Crippen LogP contribution in [-0.4, -0.2) is 17.3 Å². The number of nitrogens with zero attached hydrogens (tertiary/aromatic N) is 2. The van der Waals surface area contributed by atoms with Crippen molar-refractivity contribution >= 4 is 11.6 Å². The Hall–Kier alpha value is -0.610. The standard InChI is InChI=1S/C11H17ClN2O2/c1-8-3-5-11(15-2,6-4-8)10-13-9(7-12)16-14-10/h8H,3-7H2,1-2H3. The van der Waals surface area contributed by atoms with Crippen LogP contribution in [-0.2, 0) is 16.2 Å². The maximum atomic E-state index is 5.65. The molecule has 0 saturated heterocycles. The van der Waals surface area contributed by atoms with Crippen molar-refractivity contribution in [2.24, 2.45) is 5.92 Å². The van der Waals surface area contributed by atoms with E-state index in [0.717, 1.165) is 31.6 Å². The van der Waals surface area contributed by atoms with E-state index >= 15 is 0 Å². The van der Waals surface area contributed by atoms with E-state index in [-0.39, 0.29) is 11.5 Å². The zero-order valence-electron chi connectivity index (χ0n) is 9.70. The van der Waals surface area contributed by atoms with Gasteiger partial charge in [-0.1, -0.05) is 12.1 Å². The van der Waals surface area contributed by atoms with Crippen LogP contribution >= 0.6 is 11.6 Å². The van der Waals surface area contributed by atoms with E-state index in [9.17, 15) is 0 Å². The first kappa shape index (κ1) is 11.9. The fraction of sp³-hybridized carbons (Fsp3) is 0.818. The van der Waals surface area contributed by atoms with Crippen LogP contribution in [0.3, 0.4) is 0 Å². The molecule has 1 aliphatic carbocycles. The van der Waals surface area contributed by atoms with Gasteiger partial charge in [0.05, 0.1) is 0 Å². The number of methoxy groups -OCH3 is 1. The molecule has 0 spiro atoms. The fourth-order valence-corrected chi connectivity index (χ4v) is 2.35. The van der Waals surface area contributed by atoms with Crippen molar-refractivity contribution in [3.05, 3.63) is 11.7 Å². The van der Waals surface area contributed by atoms with Crippen LogP contribution in [0.2, 0.25) is 0 Å². The Balaban J connectivity index is 2.20. The SMILES string of the molecule is COC1(c2noc(CCl)n2)CCC(C)CC1. The van der Waals surface area contributed by atoms with Crippen LogP contribution in [0.4, 0.5) is 0 Å². The van der Waals surface area contributed by atoms with Crippen molar-refractivity contribution in [1.29, 1.82) is 0 Å². The van der Waals surface area contributed by atoms with Gasteiger partial charge in [-0.3, -0.25) is 0 Å². The van der Waals surface area contributed by atoms with E-state index in [0.29, 0.717) is 11.7 Å². The van der Waals surface area contributed by atoms with Crippen molar-refractivity contribution < 1.29 is 9.26 Å². The molecule has 1 aromatic rings. The number of ether oxygens (including phenoxy) is 1. The third-order valence-corrected chi connectivity index (χ3v) is 3.69. The van der Waals surface area contributed by atoms with Gasteiger partial charge >= 0.3 is 0 Å². The second-order valence-corrected chi connectivity index (χ2v) is 4.79. The van der Waals surface area contributed by atoms with Gasteiger partial charge in [-0.05, 0) is 31.6 Å². The molecule has 4 nitrogen and oxygen atoms in total. The van der Waals surface area contributed by atoms with E-state index in [4.69, 9.17) is 20.9 Å². The second-order valence-electron chi connectivity index (χ2n) is 4.53. The molecule has 0 aromatic carbocycles. The molecule has 1 saturated carbocycles. The summed E-state index contributed by atoms with van der Waals surface area (Å²) in [4.78, 5) is 4.29. The lowest BCUT2D eigenvalue weighted by molar-refractivity contribution is -0.0609. The smallest absolute Gasteiger partial charge is 0.241 e. The largest absolute Gasteiger partial charge is 0.370 e. The third-order valence-electron chi connectivity index (χ3n) is 3.46. The Bertz CT molecular complexity index is 346. The van der Waals surface area contributed by atoms with Gasteiger partial charge in [-0.2, -0.15) is 4.98 Å². The molecular formula is C11H17ClN2O2. The first-order chi connectivity index (χ1) is 7.70. The molecule has 0 amide bonds. The minimum atomic E-state index is -0.361. The Labute approximate surface area is 100 Å². The molecular weight excluding hydrogens is 228 g/mol. The van der Waals surface area contributed by atoms with Gasteiger partial charge in [0.15, 0.2) is 0 Å². The van der Waals surface area contributed by atoms with Gasteiger partial charge < -0.3 is 9.26 Å². The highest BCUT2D eigenvalue weighted by Gasteiger charge is 2.40. The van der Waals surface area contributed by atoms with Crippen LogP contribution in [0, 0.1) is 5.92 Å². The lowest BCUT2D eigenvalue weighted by Crippen LogP contribution is -2.34. The molecule has 0 radical (unpaired) electrons. The molecule has 0 bridgehead atoms. The van der Waals surface area contributed by atoms with Gasteiger partial charge in [0.2, 0.25) is 11.7 Å². The maximum Gasteiger partial charge on any atom is 0.241 e. The number of halogens is 1. The predicted molar refractivity (Wildman–Crippen MR) is 60.2 cm³/mol. The van der Waals surface area contributed by atoms with Crippen LogP contribution in [0.15, 0.2) is 4.52 Å². The highest BCUT2D eigenvalue weighted by atomic mass is 35.5. The predicted octanol–water partition coefficient (Wildman–Crippen LogP) is 2.86. The zero-order valence-corrected chi connectivity index (χ0v) is 10.5. The van der Waals surface area contributed by atoms with E-state index in [2.05, 4.69) is 17.1 Å². The quantitative estimate of drug-likeness (QED) is 0.767. The van der Waals surface area contributed by atoms with Gasteiger partial charge in [0.1, 0.15) is 11.5 Å². The van der Waals surface area contributed by atoms with Gasteiger partial charge in [-0.25, -0.2) is 0 Å². The first-order valence-electron chi connectivity index (χ1n) is 5.64. The van der Waals surface area contributed by atoms with Gasteiger partial charge in [-0.15, -0.1) is 11.6 Å². The number of rotatable bonds is 3. The lowest BCUT2D eigenvalue weighted by Gasteiger charge is -2.35. The minimum absolute atomic E-state index is 0.253. The summed E-state index contributed by atoms with van der Waals surface area (Å²) in [5.41, 5.74) is -0.361. The Morgan fingerprint density at radius 1 is 1.50 bits per heavy atom. The second kappa shape index (κ2) is 4.72. The molecule has 1 heterocycles. The van der Waals surface area contributed by atoms with Crippen molar-refractivity contribution in [1.82, 2.24) is 10.1 Å². The van der Waals surface area contributed by atoms with Gasteiger partial charge in [0.25, 0.3) is 0 Å². The summed E-state index contributed by atoms with van der Waals surface area (Å²) < 4.78 is 10.7. The Morgan fingerprint density at radius 2 is 2.19 bits per heavy atom. The molecule has 0 atom stereocenters. The average molecular weight is 245 g/mol. The number of hydrogen-bond donors (Lipinski definition) is 0. The summed E-state index contributed by atoms with van der Waals surface area (Å²) in [6, 6.07) is 0. The van der Waals surface area contributed by atoms with Crippen LogP contribution in [0.25, 0.3) is 0 Å². The molecule has 90 valence electrons. The lowest BCUT2D eigenvalue weighted by atomic mass is 9.79. The highest BCUT2D eigenvalue weighted by molar-refractivity contribution is 6.16. The molecule has 0 aliphatic heterocycles. The summed E-state index contributed by atoms with van der Waals surface area (Å²) in [6.45, 7) is 2.26. The van der Waals surface area contributed by atoms with E-state index < -0.39 is 0 Å². The van der Waals surface area contributed by atoms with E-state index in [1.165, 1.54) is 0 Å². The number of alkyl halides is 1. The minimum Gasteiger partial charge on any atom is -0.370 e. The Morgan fingerprint density at radius 3 is 2.69 bits per heavy atom. The molecule has 1 fully saturated rings. The number of hydrogen-bond acceptors (Lipinski definition) is 4. The summed E-state index contributed by atoms with van der Waals surface area (Å²) in [5.74, 6) is 2.12. The van der Waals surface area contributed by atoms with Crippen molar-refractivity contribution in [2.45, 2.75) is 44.1 Å². The summed E-state index contributed by atoms with van der Waals surface area (Å²) in [5, 5.41) is 3.98. The molecule has 0 N–H and O–H groups in total. The van der Waals surface area contributed by atoms with Crippen LogP contribution in [0.5, 0.6) is 0 Å². The van der Waals surface area contributed by atoms with Crippen molar-refractivity contribution in [3.8, 4) is 0 Å². The van der Waals surface area contributed by atoms with Crippen LogP contribution < -0.4 is 0 Å². The fourth-order valence-electron chi connectivity index (χ4n) is 2.24. The normalized spacial score (nSPS) is 30.6. The highest BCUT2D eigenvalue weighted by Crippen LogP contribution is 2.40. The van der Waals surface area contributed by atoms with E-state index in [1.807, 2.05) is 0 Å². The maximum absolute atomic E-state index is 5.65. The molecule has 0 unspecified atom stereocenters. The third kappa shape index (κ3) is 2.09. The molecule has 16 heavy (non-hydrogen) atoms. The first-order valence-corrected chi connectivity index (χ1v) is 6.18. The topological polar surface area (TPSA) is 48.2 Å². The average Bonchev–Trinajstić information content (AvgIpc) is 2.80.